The fraction of sp³-hybridized carbons (Fsp3) is 0.742. The third-order valence-corrected chi connectivity index (χ3v) is 10.7. The molecule has 0 saturated heterocycles. The van der Waals surface area contributed by atoms with Gasteiger partial charge in [0.25, 0.3) is 0 Å². The molecule has 1 aromatic heterocycles. The van der Waals surface area contributed by atoms with Gasteiger partial charge in [0.15, 0.2) is 0 Å². The van der Waals surface area contributed by atoms with E-state index in [1.807, 2.05) is 0 Å². The zero-order chi connectivity index (χ0) is 26.5. The molecule has 37 heavy (non-hydrogen) atoms. The van der Waals surface area contributed by atoms with E-state index in [0.29, 0.717) is 30.2 Å². The van der Waals surface area contributed by atoms with Crippen molar-refractivity contribution in [2.45, 2.75) is 111 Å². The van der Waals surface area contributed by atoms with Crippen molar-refractivity contribution in [3.63, 3.8) is 0 Å². The number of allylic oxidation sites excluding steroid dienone is 1. The monoisotopic (exact) mass is 507 g/mol. The average Bonchev–Trinajstić information content (AvgIpc) is 3.15. The number of fused-ring (bicyclic) bond motifs is 7. The van der Waals surface area contributed by atoms with Crippen LogP contribution < -0.4 is 5.32 Å². The van der Waals surface area contributed by atoms with E-state index in [-0.39, 0.29) is 28.8 Å². The molecule has 0 aromatic carbocycles. The van der Waals surface area contributed by atoms with Crippen molar-refractivity contribution < 1.29 is 14.3 Å². The summed E-state index contributed by atoms with van der Waals surface area (Å²) in [6.45, 7) is 13.3. The molecule has 2 saturated carbocycles. The lowest BCUT2D eigenvalue weighted by molar-refractivity contribution is -0.148. The highest BCUT2D eigenvalue weighted by molar-refractivity contribution is 5.72. The first-order valence-electron chi connectivity index (χ1n) is 14.5. The summed E-state index contributed by atoms with van der Waals surface area (Å²) in [6, 6.07) is 0. The van der Waals surface area contributed by atoms with Crippen LogP contribution >= 0.6 is 0 Å². The zero-order valence-corrected chi connectivity index (χ0v) is 23.7. The maximum absolute atomic E-state index is 11.6. The summed E-state index contributed by atoms with van der Waals surface area (Å²) in [5.41, 5.74) is 7.17. The summed E-state index contributed by atoms with van der Waals surface area (Å²) in [4.78, 5) is 22.8. The molecule has 0 bridgehead atoms. The van der Waals surface area contributed by atoms with E-state index in [2.05, 4.69) is 39.1 Å². The summed E-state index contributed by atoms with van der Waals surface area (Å²) in [6.07, 6.45) is 12.2. The molecule has 1 amide bonds. The van der Waals surface area contributed by atoms with Crippen molar-refractivity contribution >= 4 is 11.9 Å². The Bertz CT molecular complexity index is 1110. The minimum absolute atomic E-state index is 0.0332. The van der Waals surface area contributed by atoms with Crippen molar-refractivity contribution in [2.24, 2.45) is 29.1 Å². The quantitative estimate of drug-likeness (QED) is 0.412. The maximum Gasteiger partial charge on any atom is 0.302 e. The fourth-order valence-corrected chi connectivity index (χ4v) is 8.73. The number of hydrogen-bond acceptors (Lipinski definition) is 5. The van der Waals surface area contributed by atoms with E-state index >= 15 is 0 Å². The van der Waals surface area contributed by atoms with Crippen LogP contribution in [0.15, 0.2) is 11.6 Å². The Labute approximate surface area is 222 Å². The van der Waals surface area contributed by atoms with Crippen molar-refractivity contribution in [3.05, 3.63) is 34.2 Å². The highest BCUT2D eigenvalue weighted by atomic mass is 16.5. The second-order valence-electron chi connectivity index (χ2n) is 13.1. The molecule has 6 nitrogen and oxygen atoms in total. The minimum atomic E-state index is -0.155. The topological polar surface area (TPSA) is 81.2 Å². The Hall–Kier alpha value is -2.24. The van der Waals surface area contributed by atoms with Gasteiger partial charge in [-0.05, 0) is 104 Å². The molecule has 2 fully saturated rings. The number of carbonyl (C=O) groups excluding carboxylic acids is 2. The van der Waals surface area contributed by atoms with Crippen LogP contribution in [0.1, 0.15) is 102 Å². The molecule has 4 aliphatic rings. The molecule has 4 aliphatic carbocycles. The van der Waals surface area contributed by atoms with Crippen molar-refractivity contribution in [2.75, 3.05) is 6.54 Å². The third kappa shape index (κ3) is 4.63. The summed E-state index contributed by atoms with van der Waals surface area (Å²) in [5.74, 6) is 2.28. The zero-order valence-electron chi connectivity index (χ0n) is 23.7. The van der Waals surface area contributed by atoms with Gasteiger partial charge in [-0.2, -0.15) is 10.2 Å². The van der Waals surface area contributed by atoms with E-state index in [1.165, 1.54) is 42.2 Å². The Balaban J connectivity index is 1.35. The molecule has 1 heterocycles. The van der Waals surface area contributed by atoms with Gasteiger partial charge in [-0.1, -0.05) is 32.4 Å². The predicted octanol–water partition coefficient (Wildman–Crippen LogP) is 5.40. The first-order chi connectivity index (χ1) is 17.5. The molecular weight excluding hydrogens is 462 g/mol. The predicted molar refractivity (Wildman–Crippen MR) is 144 cm³/mol. The molecule has 0 unspecified atom stereocenters. The Morgan fingerprint density at radius 2 is 1.86 bits per heavy atom. The number of nitrogens with one attached hydrogen (secondary N) is 1. The van der Waals surface area contributed by atoms with E-state index in [1.54, 1.807) is 6.92 Å². The van der Waals surface area contributed by atoms with E-state index in [0.717, 1.165) is 50.6 Å². The van der Waals surface area contributed by atoms with Crippen LogP contribution in [0.2, 0.25) is 0 Å². The second kappa shape index (κ2) is 9.81. The van der Waals surface area contributed by atoms with Crippen molar-refractivity contribution in [1.29, 1.82) is 0 Å². The third-order valence-electron chi connectivity index (χ3n) is 10.7. The molecular formula is C31H45N3O3. The van der Waals surface area contributed by atoms with Gasteiger partial charge < -0.3 is 10.1 Å². The van der Waals surface area contributed by atoms with Gasteiger partial charge in [0.2, 0.25) is 5.91 Å². The van der Waals surface area contributed by atoms with Crippen molar-refractivity contribution in [1.82, 2.24) is 15.5 Å². The Kier molecular flexibility index (Phi) is 6.99. The molecule has 202 valence electrons. The highest BCUT2D eigenvalue weighted by Crippen LogP contribution is 2.64. The molecule has 1 N–H and O–H groups in total. The largest absolute Gasteiger partial charge is 0.462 e. The lowest BCUT2D eigenvalue weighted by Crippen LogP contribution is -2.51. The molecule has 1 aromatic rings. The number of carbonyl (C=O) groups is 2. The summed E-state index contributed by atoms with van der Waals surface area (Å²) in [7, 11) is 0. The molecule has 0 aliphatic heterocycles. The number of rotatable bonds is 6. The van der Waals surface area contributed by atoms with Gasteiger partial charge in [-0.15, -0.1) is 0 Å². The first kappa shape index (κ1) is 26.4. The number of ether oxygens (including phenoxy) is 1. The number of hydrogen-bond donors (Lipinski definition) is 1. The van der Waals surface area contributed by atoms with Gasteiger partial charge in [-0.3, -0.25) is 9.59 Å². The van der Waals surface area contributed by atoms with Crippen LogP contribution in [0.25, 0.3) is 0 Å². The number of aromatic nitrogens is 2. The summed E-state index contributed by atoms with van der Waals surface area (Å²) >= 11 is 0. The van der Waals surface area contributed by atoms with Gasteiger partial charge in [-0.25, -0.2) is 0 Å². The van der Waals surface area contributed by atoms with Crippen molar-refractivity contribution in [3.8, 4) is 0 Å². The second-order valence-corrected chi connectivity index (χ2v) is 13.1. The first-order valence-corrected chi connectivity index (χ1v) is 14.5. The molecule has 6 heteroatoms. The molecule has 0 spiro atoms. The van der Waals surface area contributed by atoms with Gasteiger partial charge >= 0.3 is 5.97 Å². The normalized spacial score (nSPS) is 34.8. The maximum atomic E-state index is 11.6. The lowest BCUT2D eigenvalue weighted by atomic mass is 9.47. The van der Waals surface area contributed by atoms with Crippen LogP contribution in [0, 0.1) is 36.0 Å². The average molecular weight is 508 g/mol. The fourth-order valence-electron chi connectivity index (χ4n) is 8.73. The SMILES string of the molecule is CC(=O)NC[C@H](C)CCc1nnc2c(c1C)[C@]1(C)CC[C@H]3[C@@H](CC=C4C[C@@H](OC(C)=O)CC[C@@]43C)[C@@H]1C2. The van der Waals surface area contributed by atoms with E-state index < -0.39 is 0 Å². The van der Waals surface area contributed by atoms with Crippen LogP contribution in [0.3, 0.4) is 0 Å². The number of aryl methyl sites for hydroxylation is 1. The van der Waals surface area contributed by atoms with E-state index in [9.17, 15) is 9.59 Å². The highest BCUT2D eigenvalue weighted by Gasteiger charge is 2.58. The smallest absolute Gasteiger partial charge is 0.302 e. The Morgan fingerprint density at radius 3 is 2.59 bits per heavy atom. The minimum Gasteiger partial charge on any atom is -0.462 e. The number of amides is 1. The lowest BCUT2D eigenvalue weighted by Gasteiger charge is -2.57. The standard InChI is InChI=1S/C31H45N3O3/c1-18(17-32-20(3)35)7-10-27-19(2)29-28(34-33-27)16-26-24-9-8-22-15-23(37-21(4)36)11-13-30(22,5)25(24)12-14-31(26,29)6/h8,18,23-26H,7,9-17H2,1-6H3,(H,32,35)/t18-,23+,24-,25+,26+,30+,31-/m1/s1. The number of esters is 1. The van der Waals surface area contributed by atoms with Gasteiger partial charge in [0, 0.05) is 26.8 Å². The molecule has 0 radical (unpaired) electrons. The van der Waals surface area contributed by atoms with Gasteiger partial charge in [0.05, 0.1) is 11.4 Å². The summed E-state index contributed by atoms with van der Waals surface area (Å²) < 4.78 is 5.62. The van der Waals surface area contributed by atoms with Crippen LogP contribution in [-0.2, 0) is 32.6 Å². The molecule has 5 rings (SSSR count). The Morgan fingerprint density at radius 1 is 1.11 bits per heavy atom. The van der Waals surface area contributed by atoms with Crippen LogP contribution in [0.5, 0.6) is 0 Å². The van der Waals surface area contributed by atoms with E-state index in [4.69, 9.17) is 14.9 Å². The van der Waals surface area contributed by atoms with Crippen LogP contribution in [-0.4, -0.2) is 34.7 Å². The van der Waals surface area contributed by atoms with Gasteiger partial charge in [0.1, 0.15) is 6.10 Å². The van der Waals surface area contributed by atoms with Crippen LogP contribution in [0.4, 0.5) is 0 Å². The number of nitrogens with zero attached hydrogens (tertiary/aromatic N) is 2. The molecule has 7 atom stereocenters. The summed E-state index contributed by atoms with van der Waals surface area (Å²) in [5, 5.41) is 12.5.